The number of hydrogen-bond donors (Lipinski definition) is 0. The molecule has 8 heteroatoms. The fourth-order valence-electron chi connectivity index (χ4n) is 3.33. The van der Waals surface area contributed by atoms with Gasteiger partial charge in [-0.1, -0.05) is 0 Å². The fourth-order valence-corrected chi connectivity index (χ4v) is 3.33. The highest BCUT2D eigenvalue weighted by Gasteiger charge is 2.37. The molecule has 0 spiro atoms. The van der Waals surface area contributed by atoms with Gasteiger partial charge in [-0.25, -0.2) is 19.9 Å². The van der Waals surface area contributed by atoms with E-state index < -0.39 is 0 Å². The van der Waals surface area contributed by atoms with Gasteiger partial charge >= 0.3 is 0 Å². The minimum absolute atomic E-state index is 0.194. The van der Waals surface area contributed by atoms with E-state index in [9.17, 15) is 0 Å². The Hall–Kier alpha value is -2.48. The second kappa shape index (κ2) is 6.56. The molecule has 2 aliphatic heterocycles. The molecule has 0 radical (unpaired) electrons. The van der Waals surface area contributed by atoms with Crippen LogP contribution < -0.4 is 14.5 Å². The Kier molecular flexibility index (Phi) is 4.12. The number of anilines is 2. The molecule has 0 saturated carbocycles. The molecule has 2 aromatic rings. The van der Waals surface area contributed by atoms with Crippen LogP contribution >= 0.6 is 0 Å². The highest BCUT2D eigenvalue weighted by Crippen LogP contribution is 2.28. The zero-order chi connectivity index (χ0) is 16.4. The molecular weight excluding hydrogens is 308 g/mol. The topological polar surface area (TPSA) is 76.5 Å². The quantitative estimate of drug-likeness (QED) is 0.811. The van der Waals surface area contributed by atoms with E-state index >= 15 is 0 Å². The predicted octanol–water partition coefficient (Wildman–Crippen LogP) is 0.617. The first kappa shape index (κ1) is 15.1. The first-order valence-electron chi connectivity index (χ1n) is 8.08. The van der Waals surface area contributed by atoms with Crippen molar-refractivity contribution in [1.29, 1.82) is 0 Å². The van der Waals surface area contributed by atoms with Crippen molar-refractivity contribution in [1.82, 2.24) is 19.9 Å². The molecule has 0 aliphatic carbocycles. The average molecular weight is 328 g/mol. The Morgan fingerprint density at radius 2 is 1.92 bits per heavy atom. The van der Waals surface area contributed by atoms with Gasteiger partial charge in [0.2, 0.25) is 11.8 Å². The van der Waals surface area contributed by atoms with Gasteiger partial charge in [0.25, 0.3) is 0 Å². The van der Waals surface area contributed by atoms with Crippen molar-refractivity contribution in [3.05, 3.63) is 30.9 Å². The molecule has 4 heterocycles. The number of hydrogen-bond acceptors (Lipinski definition) is 8. The third kappa shape index (κ3) is 2.96. The van der Waals surface area contributed by atoms with Crippen LogP contribution in [0.25, 0.3) is 0 Å². The van der Waals surface area contributed by atoms with Crippen LogP contribution in [-0.4, -0.2) is 65.9 Å². The summed E-state index contributed by atoms with van der Waals surface area (Å²) in [6.07, 6.45) is 5.28. The van der Waals surface area contributed by atoms with Gasteiger partial charge in [-0.2, -0.15) is 0 Å². The summed E-state index contributed by atoms with van der Waals surface area (Å²) in [4.78, 5) is 21.6. The van der Waals surface area contributed by atoms with Crippen LogP contribution in [0.5, 0.6) is 5.88 Å². The number of ether oxygens (including phenoxy) is 2. The van der Waals surface area contributed by atoms with Crippen LogP contribution in [0, 0.1) is 5.92 Å². The summed E-state index contributed by atoms with van der Waals surface area (Å²) >= 11 is 0. The van der Waals surface area contributed by atoms with Crippen LogP contribution in [0.15, 0.2) is 30.9 Å². The zero-order valence-electron chi connectivity index (χ0n) is 13.6. The molecule has 2 atom stereocenters. The lowest BCUT2D eigenvalue weighted by molar-refractivity contribution is 0.0587. The number of fused-ring (bicyclic) bond motifs is 1. The number of methoxy groups -OCH3 is 1. The Bertz CT molecular complexity index is 685. The first-order chi connectivity index (χ1) is 11.8. The Morgan fingerprint density at radius 3 is 2.75 bits per heavy atom. The lowest BCUT2D eigenvalue weighted by Gasteiger charge is -2.23. The van der Waals surface area contributed by atoms with Crippen molar-refractivity contribution in [3.63, 3.8) is 0 Å². The third-order valence-electron chi connectivity index (χ3n) is 4.52. The summed E-state index contributed by atoms with van der Waals surface area (Å²) in [5.74, 6) is 2.61. The van der Waals surface area contributed by atoms with Crippen LogP contribution in [0.1, 0.15) is 0 Å². The molecule has 126 valence electrons. The van der Waals surface area contributed by atoms with E-state index in [0.717, 1.165) is 37.9 Å². The van der Waals surface area contributed by atoms with E-state index in [0.29, 0.717) is 18.4 Å². The summed E-state index contributed by atoms with van der Waals surface area (Å²) in [6.45, 7) is 4.09. The van der Waals surface area contributed by atoms with Gasteiger partial charge in [0.15, 0.2) is 0 Å². The fraction of sp³-hybridized carbons (Fsp3) is 0.500. The second-order valence-electron chi connectivity index (χ2n) is 5.99. The summed E-state index contributed by atoms with van der Waals surface area (Å²) in [5.41, 5.74) is 0. The van der Waals surface area contributed by atoms with Gasteiger partial charge in [0, 0.05) is 50.6 Å². The first-order valence-corrected chi connectivity index (χ1v) is 8.08. The van der Waals surface area contributed by atoms with Gasteiger partial charge in [-0.05, 0) is 6.07 Å². The van der Waals surface area contributed by atoms with Gasteiger partial charge < -0.3 is 19.3 Å². The maximum absolute atomic E-state index is 6.07. The average Bonchev–Trinajstić information content (AvgIpc) is 2.94. The molecule has 2 fully saturated rings. The Labute approximate surface area is 140 Å². The minimum Gasteiger partial charge on any atom is -0.481 e. The Morgan fingerprint density at radius 1 is 1.08 bits per heavy atom. The molecule has 4 rings (SSSR count). The summed E-state index contributed by atoms with van der Waals surface area (Å²) in [5, 5.41) is 0. The minimum atomic E-state index is 0.194. The lowest BCUT2D eigenvalue weighted by atomic mass is 10.1. The predicted molar refractivity (Wildman–Crippen MR) is 88.3 cm³/mol. The van der Waals surface area contributed by atoms with Gasteiger partial charge in [0.1, 0.15) is 12.1 Å². The molecule has 8 nitrogen and oxygen atoms in total. The Balaban J connectivity index is 1.50. The summed E-state index contributed by atoms with van der Waals surface area (Å²) in [6, 6.07) is 3.70. The van der Waals surface area contributed by atoms with E-state index in [1.807, 2.05) is 12.1 Å². The highest BCUT2D eigenvalue weighted by molar-refractivity contribution is 5.43. The number of rotatable bonds is 3. The highest BCUT2D eigenvalue weighted by atomic mass is 16.5. The molecule has 24 heavy (non-hydrogen) atoms. The van der Waals surface area contributed by atoms with E-state index in [2.05, 4.69) is 29.7 Å². The third-order valence-corrected chi connectivity index (χ3v) is 4.52. The molecule has 0 aromatic carbocycles. The van der Waals surface area contributed by atoms with E-state index in [1.165, 1.54) is 6.33 Å². The maximum Gasteiger partial charge on any atom is 0.225 e. The number of nitrogens with zero attached hydrogens (tertiary/aromatic N) is 6. The molecule has 2 aliphatic rings. The largest absolute Gasteiger partial charge is 0.481 e. The molecule has 0 bridgehead atoms. The number of aromatic nitrogens is 4. The lowest BCUT2D eigenvalue weighted by Crippen LogP contribution is -2.33. The zero-order valence-corrected chi connectivity index (χ0v) is 13.6. The molecule has 0 amide bonds. The summed E-state index contributed by atoms with van der Waals surface area (Å²) in [7, 11) is 1.61. The molecule has 0 unspecified atom stereocenters. The normalized spacial score (nSPS) is 23.7. The molecule has 0 N–H and O–H groups in total. The van der Waals surface area contributed by atoms with Crippen molar-refractivity contribution < 1.29 is 9.47 Å². The standard InChI is InChI=1S/C16H20N6O2/c1-23-15-7-14(19-11-20-15)22-9-12-8-21(5-6-24-13(12)10-22)16-17-3-2-4-18-16/h2-4,7,11-13H,5-6,8-10H2,1H3/t12-,13+/m0/s1. The van der Waals surface area contributed by atoms with Gasteiger partial charge in [-0.3, -0.25) is 0 Å². The van der Waals surface area contributed by atoms with E-state index in [-0.39, 0.29) is 6.10 Å². The monoisotopic (exact) mass is 328 g/mol. The molecule has 2 saturated heterocycles. The van der Waals surface area contributed by atoms with Crippen molar-refractivity contribution in [2.45, 2.75) is 6.10 Å². The van der Waals surface area contributed by atoms with Crippen LogP contribution in [0.4, 0.5) is 11.8 Å². The summed E-state index contributed by atoms with van der Waals surface area (Å²) < 4.78 is 11.3. The molecular formula is C16H20N6O2. The van der Waals surface area contributed by atoms with Crippen LogP contribution in [0.3, 0.4) is 0 Å². The van der Waals surface area contributed by atoms with Crippen molar-refractivity contribution in [2.75, 3.05) is 49.7 Å². The van der Waals surface area contributed by atoms with Crippen molar-refractivity contribution in [2.24, 2.45) is 5.92 Å². The smallest absolute Gasteiger partial charge is 0.225 e. The van der Waals surface area contributed by atoms with Crippen molar-refractivity contribution in [3.8, 4) is 5.88 Å². The van der Waals surface area contributed by atoms with Crippen molar-refractivity contribution >= 4 is 11.8 Å². The van der Waals surface area contributed by atoms with E-state index in [4.69, 9.17) is 9.47 Å². The van der Waals surface area contributed by atoms with Crippen LogP contribution in [-0.2, 0) is 4.74 Å². The van der Waals surface area contributed by atoms with Crippen LogP contribution in [0.2, 0.25) is 0 Å². The molecule has 2 aromatic heterocycles. The van der Waals surface area contributed by atoms with Gasteiger partial charge in [-0.15, -0.1) is 0 Å². The van der Waals surface area contributed by atoms with E-state index in [1.54, 1.807) is 19.5 Å². The maximum atomic E-state index is 6.07. The van der Waals surface area contributed by atoms with Gasteiger partial charge in [0.05, 0.1) is 19.8 Å². The second-order valence-corrected chi connectivity index (χ2v) is 5.99. The SMILES string of the molecule is COc1cc(N2C[C@@H]3CN(c4ncccn4)CCO[C@@H]3C2)ncn1.